The molecule has 18 heavy (non-hydrogen) atoms. The number of ketones is 1. The fraction of sp³-hybridized carbons (Fsp3) is 0.188. The van der Waals surface area contributed by atoms with Crippen LogP contribution in [0.5, 0.6) is 11.5 Å². The molecular formula is C16H16O2. The second-order valence-electron chi connectivity index (χ2n) is 4.15. The van der Waals surface area contributed by atoms with E-state index >= 15 is 0 Å². The van der Waals surface area contributed by atoms with Crippen molar-refractivity contribution in [1.82, 2.24) is 0 Å². The monoisotopic (exact) mass is 240 g/mol. The summed E-state index contributed by atoms with van der Waals surface area (Å²) in [4.78, 5) is 11.5. The van der Waals surface area contributed by atoms with Gasteiger partial charge in [-0.3, -0.25) is 4.79 Å². The van der Waals surface area contributed by atoms with Crippen LogP contribution in [0.3, 0.4) is 0 Å². The van der Waals surface area contributed by atoms with E-state index in [1.165, 1.54) is 5.56 Å². The molecule has 0 amide bonds. The number of hydrogen-bond donors (Lipinski definition) is 0. The molecule has 0 aliphatic carbocycles. The van der Waals surface area contributed by atoms with Crippen LogP contribution in [0.2, 0.25) is 0 Å². The van der Waals surface area contributed by atoms with Crippen molar-refractivity contribution in [3.05, 3.63) is 59.7 Å². The Bertz CT molecular complexity index is 541. The highest BCUT2D eigenvalue weighted by Crippen LogP contribution is 2.25. The van der Waals surface area contributed by atoms with Gasteiger partial charge in [0.2, 0.25) is 0 Å². The van der Waals surface area contributed by atoms with Crippen molar-refractivity contribution >= 4 is 5.78 Å². The minimum absolute atomic E-state index is 0.00998. The Morgan fingerprint density at radius 1 is 1.06 bits per heavy atom. The van der Waals surface area contributed by atoms with Crippen molar-refractivity contribution in [2.45, 2.75) is 20.3 Å². The summed E-state index contributed by atoms with van der Waals surface area (Å²) >= 11 is 0. The molecule has 2 rings (SSSR count). The van der Waals surface area contributed by atoms with E-state index in [2.05, 4.69) is 6.92 Å². The zero-order chi connectivity index (χ0) is 13.0. The molecular weight excluding hydrogens is 224 g/mol. The summed E-state index contributed by atoms with van der Waals surface area (Å²) in [6.07, 6.45) is 1.00. The van der Waals surface area contributed by atoms with Crippen LogP contribution in [0.4, 0.5) is 0 Å². The van der Waals surface area contributed by atoms with Crippen LogP contribution in [0, 0.1) is 0 Å². The van der Waals surface area contributed by atoms with E-state index in [0.29, 0.717) is 11.3 Å². The Balaban J connectivity index is 2.25. The third kappa shape index (κ3) is 2.77. The van der Waals surface area contributed by atoms with Crippen LogP contribution in [-0.2, 0) is 6.42 Å². The molecule has 0 aliphatic rings. The van der Waals surface area contributed by atoms with Crippen molar-refractivity contribution in [2.24, 2.45) is 0 Å². The summed E-state index contributed by atoms with van der Waals surface area (Å²) in [5, 5.41) is 0. The standard InChI is InChI=1S/C16H16O2/c1-3-13-8-10-14(11-9-13)18-16-7-5-4-6-15(16)12(2)17/h4-11H,3H2,1-2H3. The average Bonchev–Trinajstić information content (AvgIpc) is 2.40. The first-order valence-corrected chi connectivity index (χ1v) is 6.07. The van der Waals surface area contributed by atoms with Gasteiger partial charge in [-0.15, -0.1) is 0 Å². The Kier molecular flexibility index (Phi) is 3.78. The number of benzene rings is 2. The minimum atomic E-state index is 0.00998. The van der Waals surface area contributed by atoms with Crippen LogP contribution in [0.15, 0.2) is 48.5 Å². The summed E-state index contributed by atoms with van der Waals surface area (Å²) in [7, 11) is 0. The number of hydrogen-bond acceptors (Lipinski definition) is 2. The topological polar surface area (TPSA) is 26.3 Å². The molecule has 0 aliphatic heterocycles. The number of ether oxygens (including phenoxy) is 1. The second-order valence-corrected chi connectivity index (χ2v) is 4.15. The van der Waals surface area contributed by atoms with Crippen LogP contribution in [0.25, 0.3) is 0 Å². The molecule has 0 fully saturated rings. The van der Waals surface area contributed by atoms with E-state index in [0.717, 1.165) is 12.2 Å². The van der Waals surface area contributed by atoms with Gasteiger partial charge in [-0.25, -0.2) is 0 Å². The van der Waals surface area contributed by atoms with Gasteiger partial charge in [-0.05, 0) is 43.2 Å². The normalized spacial score (nSPS) is 10.1. The van der Waals surface area contributed by atoms with Crippen molar-refractivity contribution in [3.8, 4) is 11.5 Å². The molecule has 0 aromatic heterocycles. The lowest BCUT2D eigenvalue weighted by Gasteiger charge is -2.09. The first-order chi connectivity index (χ1) is 8.70. The number of carbonyl (C=O) groups is 1. The van der Waals surface area contributed by atoms with Gasteiger partial charge in [-0.2, -0.15) is 0 Å². The van der Waals surface area contributed by atoms with Crippen LogP contribution >= 0.6 is 0 Å². The fourth-order valence-corrected chi connectivity index (χ4v) is 1.77. The number of para-hydroxylation sites is 1. The first-order valence-electron chi connectivity index (χ1n) is 6.07. The largest absolute Gasteiger partial charge is 0.457 e. The van der Waals surface area contributed by atoms with Gasteiger partial charge < -0.3 is 4.74 Å². The molecule has 0 atom stereocenters. The smallest absolute Gasteiger partial charge is 0.163 e. The van der Waals surface area contributed by atoms with Gasteiger partial charge in [0.05, 0.1) is 5.56 Å². The molecule has 0 saturated heterocycles. The molecule has 0 saturated carbocycles. The fourth-order valence-electron chi connectivity index (χ4n) is 1.77. The number of carbonyl (C=O) groups excluding carboxylic acids is 1. The van der Waals surface area contributed by atoms with Gasteiger partial charge in [0, 0.05) is 0 Å². The third-order valence-electron chi connectivity index (χ3n) is 2.83. The Morgan fingerprint density at radius 3 is 2.33 bits per heavy atom. The second kappa shape index (κ2) is 5.50. The van der Waals surface area contributed by atoms with E-state index in [4.69, 9.17) is 4.74 Å². The molecule has 0 bridgehead atoms. The molecule has 2 aromatic rings. The van der Waals surface area contributed by atoms with Gasteiger partial charge in [-0.1, -0.05) is 31.2 Å². The lowest BCUT2D eigenvalue weighted by Crippen LogP contribution is -1.96. The molecule has 0 unspecified atom stereocenters. The van der Waals surface area contributed by atoms with Crippen molar-refractivity contribution in [2.75, 3.05) is 0 Å². The van der Waals surface area contributed by atoms with Gasteiger partial charge in [0.15, 0.2) is 5.78 Å². The summed E-state index contributed by atoms with van der Waals surface area (Å²) in [5.41, 5.74) is 1.87. The van der Waals surface area contributed by atoms with Crippen molar-refractivity contribution in [1.29, 1.82) is 0 Å². The molecule has 0 spiro atoms. The molecule has 0 heterocycles. The van der Waals surface area contributed by atoms with E-state index in [1.54, 1.807) is 13.0 Å². The highest BCUT2D eigenvalue weighted by Gasteiger charge is 2.08. The molecule has 2 aromatic carbocycles. The Hall–Kier alpha value is -2.09. The molecule has 2 heteroatoms. The first kappa shape index (κ1) is 12.4. The van der Waals surface area contributed by atoms with Gasteiger partial charge >= 0.3 is 0 Å². The van der Waals surface area contributed by atoms with Gasteiger partial charge in [0.25, 0.3) is 0 Å². The molecule has 92 valence electrons. The zero-order valence-corrected chi connectivity index (χ0v) is 10.6. The Morgan fingerprint density at radius 2 is 1.72 bits per heavy atom. The third-order valence-corrected chi connectivity index (χ3v) is 2.83. The quantitative estimate of drug-likeness (QED) is 0.747. The van der Waals surface area contributed by atoms with Crippen molar-refractivity contribution < 1.29 is 9.53 Å². The maximum Gasteiger partial charge on any atom is 0.163 e. The number of aryl methyl sites for hydroxylation is 1. The average molecular weight is 240 g/mol. The lowest BCUT2D eigenvalue weighted by atomic mass is 10.1. The van der Waals surface area contributed by atoms with Gasteiger partial charge in [0.1, 0.15) is 11.5 Å². The molecule has 0 N–H and O–H groups in total. The molecule has 0 radical (unpaired) electrons. The number of Topliss-reactive ketones (excluding diaryl/α,β-unsaturated/α-hetero) is 1. The summed E-state index contributed by atoms with van der Waals surface area (Å²) in [6.45, 7) is 3.66. The van der Waals surface area contributed by atoms with E-state index in [9.17, 15) is 4.79 Å². The lowest BCUT2D eigenvalue weighted by molar-refractivity contribution is 0.101. The Labute approximate surface area is 107 Å². The van der Waals surface area contributed by atoms with Crippen molar-refractivity contribution in [3.63, 3.8) is 0 Å². The maximum atomic E-state index is 11.5. The van der Waals surface area contributed by atoms with Crippen LogP contribution in [0.1, 0.15) is 29.8 Å². The summed E-state index contributed by atoms with van der Waals surface area (Å²) < 4.78 is 5.75. The molecule has 2 nitrogen and oxygen atoms in total. The minimum Gasteiger partial charge on any atom is -0.457 e. The SMILES string of the molecule is CCc1ccc(Oc2ccccc2C(C)=O)cc1. The van der Waals surface area contributed by atoms with Crippen LogP contribution < -0.4 is 4.74 Å². The predicted octanol–water partition coefficient (Wildman–Crippen LogP) is 4.24. The highest BCUT2D eigenvalue weighted by molar-refractivity contribution is 5.96. The summed E-state index contributed by atoms with van der Waals surface area (Å²) in [6, 6.07) is 15.2. The predicted molar refractivity (Wildman–Crippen MR) is 72.3 cm³/mol. The number of rotatable bonds is 4. The van der Waals surface area contributed by atoms with Crippen LogP contribution in [-0.4, -0.2) is 5.78 Å². The highest BCUT2D eigenvalue weighted by atomic mass is 16.5. The van der Waals surface area contributed by atoms with E-state index in [1.807, 2.05) is 42.5 Å². The maximum absolute atomic E-state index is 11.5. The zero-order valence-electron chi connectivity index (χ0n) is 10.6. The van der Waals surface area contributed by atoms with E-state index in [-0.39, 0.29) is 5.78 Å². The summed E-state index contributed by atoms with van der Waals surface area (Å²) in [5.74, 6) is 1.37. The van der Waals surface area contributed by atoms with E-state index < -0.39 is 0 Å².